The highest BCUT2D eigenvalue weighted by Gasteiger charge is 2.14. The summed E-state index contributed by atoms with van der Waals surface area (Å²) in [5, 5.41) is 12.3. The summed E-state index contributed by atoms with van der Waals surface area (Å²) in [6.45, 7) is 2.02. The standard InChI is InChI=1S/C12H10Br2OS/c1-7-11(2-3-16-7)12(15)8-4-9(13)6-10(14)5-8/h2-6,12,15H,1H3. The monoisotopic (exact) mass is 360 g/mol. The molecule has 16 heavy (non-hydrogen) atoms. The lowest BCUT2D eigenvalue weighted by molar-refractivity contribution is 0.220. The van der Waals surface area contributed by atoms with E-state index in [-0.39, 0.29) is 0 Å². The van der Waals surface area contributed by atoms with Gasteiger partial charge in [0.05, 0.1) is 0 Å². The van der Waals surface area contributed by atoms with E-state index in [1.165, 1.54) is 0 Å². The minimum absolute atomic E-state index is 0.556. The van der Waals surface area contributed by atoms with Gasteiger partial charge in [0.15, 0.2) is 0 Å². The molecule has 0 aliphatic rings. The number of aliphatic hydroxyl groups is 1. The SMILES string of the molecule is Cc1sccc1C(O)c1cc(Br)cc(Br)c1. The van der Waals surface area contributed by atoms with Crippen molar-refractivity contribution in [3.05, 3.63) is 54.6 Å². The van der Waals surface area contributed by atoms with Gasteiger partial charge in [-0.15, -0.1) is 11.3 Å². The number of thiophene rings is 1. The Morgan fingerprint density at radius 3 is 2.31 bits per heavy atom. The van der Waals surface area contributed by atoms with Gasteiger partial charge in [-0.1, -0.05) is 31.9 Å². The predicted molar refractivity (Wildman–Crippen MR) is 75.0 cm³/mol. The highest BCUT2D eigenvalue weighted by atomic mass is 79.9. The Hall–Kier alpha value is -0.160. The van der Waals surface area contributed by atoms with Crippen LogP contribution in [0.2, 0.25) is 0 Å². The van der Waals surface area contributed by atoms with E-state index in [9.17, 15) is 5.11 Å². The van der Waals surface area contributed by atoms with Crippen molar-refractivity contribution < 1.29 is 5.11 Å². The van der Waals surface area contributed by atoms with Crippen molar-refractivity contribution in [3.63, 3.8) is 0 Å². The summed E-state index contributed by atoms with van der Waals surface area (Å²) < 4.78 is 1.92. The predicted octanol–water partition coefficient (Wildman–Crippen LogP) is 4.66. The van der Waals surface area contributed by atoms with Crippen LogP contribution in [0.5, 0.6) is 0 Å². The van der Waals surface area contributed by atoms with E-state index >= 15 is 0 Å². The zero-order valence-electron chi connectivity index (χ0n) is 8.58. The molecule has 1 atom stereocenters. The van der Waals surface area contributed by atoms with E-state index in [1.807, 2.05) is 36.6 Å². The second-order valence-electron chi connectivity index (χ2n) is 3.54. The summed E-state index contributed by atoms with van der Waals surface area (Å²) in [5.74, 6) is 0. The van der Waals surface area contributed by atoms with Gasteiger partial charge in [-0.2, -0.15) is 0 Å². The quantitative estimate of drug-likeness (QED) is 0.824. The third-order valence-corrected chi connectivity index (χ3v) is 4.17. The molecule has 1 aromatic carbocycles. The third-order valence-electron chi connectivity index (χ3n) is 2.39. The van der Waals surface area contributed by atoms with Crippen LogP contribution < -0.4 is 0 Å². The molecule has 84 valence electrons. The topological polar surface area (TPSA) is 20.2 Å². The van der Waals surface area contributed by atoms with Gasteiger partial charge < -0.3 is 5.11 Å². The molecule has 2 rings (SSSR count). The largest absolute Gasteiger partial charge is 0.384 e. The fourth-order valence-corrected chi connectivity index (χ4v) is 3.65. The van der Waals surface area contributed by atoms with Crippen molar-refractivity contribution >= 4 is 43.2 Å². The maximum atomic E-state index is 10.3. The molecule has 1 heterocycles. The summed E-state index contributed by atoms with van der Waals surface area (Å²) >= 11 is 8.50. The number of halogens is 2. The van der Waals surface area contributed by atoms with E-state index in [0.717, 1.165) is 24.9 Å². The maximum Gasteiger partial charge on any atom is 0.105 e. The first-order valence-electron chi connectivity index (χ1n) is 4.76. The van der Waals surface area contributed by atoms with Crippen molar-refractivity contribution in [2.45, 2.75) is 13.0 Å². The normalized spacial score (nSPS) is 12.8. The molecule has 1 aromatic heterocycles. The summed E-state index contributed by atoms with van der Waals surface area (Å²) in [5.41, 5.74) is 1.87. The number of aryl methyl sites for hydroxylation is 1. The summed E-state index contributed by atoms with van der Waals surface area (Å²) in [6, 6.07) is 7.80. The lowest BCUT2D eigenvalue weighted by atomic mass is 10.0. The van der Waals surface area contributed by atoms with Crippen LogP contribution in [0.25, 0.3) is 0 Å². The Kier molecular flexibility index (Phi) is 3.85. The van der Waals surface area contributed by atoms with Crippen molar-refractivity contribution in [2.75, 3.05) is 0 Å². The Morgan fingerprint density at radius 1 is 1.19 bits per heavy atom. The lowest BCUT2D eigenvalue weighted by Crippen LogP contribution is -1.99. The van der Waals surface area contributed by atoms with Gasteiger partial charge in [0.1, 0.15) is 6.10 Å². The van der Waals surface area contributed by atoms with Crippen molar-refractivity contribution in [2.24, 2.45) is 0 Å². The first-order chi connectivity index (χ1) is 7.58. The van der Waals surface area contributed by atoms with Gasteiger partial charge in [-0.25, -0.2) is 0 Å². The minimum Gasteiger partial charge on any atom is -0.384 e. The van der Waals surface area contributed by atoms with Crippen LogP contribution in [-0.4, -0.2) is 5.11 Å². The number of benzene rings is 1. The van der Waals surface area contributed by atoms with Gasteiger partial charge in [0.2, 0.25) is 0 Å². The van der Waals surface area contributed by atoms with Crippen LogP contribution in [0.15, 0.2) is 38.6 Å². The summed E-state index contributed by atoms with van der Waals surface area (Å²) in [4.78, 5) is 1.16. The van der Waals surface area contributed by atoms with Crippen molar-refractivity contribution in [1.82, 2.24) is 0 Å². The Morgan fingerprint density at radius 2 is 1.81 bits per heavy atom. The molecule has 4 heteroatoms. The second kappa shape index (κ2) is 5.00. The molecule has 1 unspecified atom stereocenters. The zero-order chi connectivity index (χ0) is 11.7. The molecule has 0 saturated carbocycles. The Balaban J connectivity index is 2.41. The van der Waals surface area contributed by atoms with Crippen LogP contribution in [0.4, 0.5) is 0 Å². The second-order valence-corrected chi connectivity index (χ2v) is 6.49. The van der Waals surface area contributed by atoms with E-state index < -0.39 is 6.10 Å². The summed E-state index contributed by atoms with van der Waals surface area (Å²) in [7, 11) is 0. The average Bonchev–Trinajstić information content (AvgIpc) is 2.62. The molecule has 0 radical (unpaired) electrons. The zero-order valence-corrected chi connectivity index (χ0v) is 12.6. The van der Waals surface area contributed by atoms with E-state index in [0.29, 0.717) is 0 Å². The molecule has 0 aliphatic carbocycles. The number of aliphatic hydroxyl groups excluding tert-OH is 1. The molecule has 0 fully saturated rings. The number of hydrogen-bond donors (Lipinski definition) is 1. The number of rotatable bonds is 2. The molecule has 0 aliphatic heterocycles. The Bertz CT molecular complexity index is 487. The average molecular weight is 362 g/mol. The van der Waals surface area contributed by atoms with Gasteiger partial charge in [0, 0.05) is 13.8 Å². The van der Waals surface area contributed by atoms with Gasteiger partial charge in [0.25, 0.3) is 0 Å². The van der Waals surface area contributed by atoms with Crippen LogP contribution in [0, 0.1) is 6.92 Å². The van der Waals surface area contributed by atoms with Crippen LogP contribution in [0.3, 0.4) is 0 Å². The fourth-order valence-electron chi connectivity index (χ4n) is 1.59. The molecule has 0 saturated heterocycles. The van der Waals surface area contributed by atoms with E-state index in [2.05, 4.69) is 31.9 Å². The van der Waals surface area contributed by atoms with Crippen LogP contribution in [0.1, 0.15) is 22.1 Å². The lowest BCUT2D eigenvalue weighted by Gasteiger charge is -2.12. The molecular formula is C12H10Br2OS. The van der Waals surface area contributed by atoms with Gasteiger partial charge in [-0.05, 0) is 47.7 Å². The fraction of sp³-hybridized carbons (Fsp3) is 0.167. The van der Waals surface area contributed by atoms with Gasteiger partial charge in [-0.3, -0.25) is 0 Å². The molecule has 0 spiro atoms. The summed E-state index contributed by atoms with van der Waals surface area (Å²) in [6.07, 6.45) is -0.556. The van der Waals surface area contributed by atoms with E-state index in [1.54, 1.807) is 11.3 Å². The minimum atomic E-state index is -0.556. The highest BCUT2D eigenvalue weighted by Crippen LogP contribution is 2.31. The van der Waals surface area contributed by atoms with Crippen LogP contribution in [-0.2, 0) is 0 Å². The van der Waals surface area contributed by atoms with E-state index in [4.69, 9.17) is 0 Å². The molecule has 0 bridgehead atoms. The highest BCUT2D eigenvalue weighted by molar-refractivity contribution is 9.11. The number of hydrogen-bond acceptors (Lipinski definition) is 2. The Labute approximate surface area is 115 Å². The maximum absolute atomic E-state index is 10.3. The molecule has 0 amide bonds. The molecule has 2 aromatic rings. The smallest absolute Gasteiger partial charge is 0.105 e. The van der Waals surface area contributed by atoms with Gasteiger partial charge >= 0.3 is 0 Å². The van der Waals surface area contributed by atoms with Crippen molar-refractivity contribution in [1.29, 1.82) is 0 Å². The third kappa shape index (κ3) is 2.56. The van der Waals surface area contributed by atoms with Crippen LogP contribution >= 0.6 is 43.2 Å². The molecule has 1 nitrogen and oxygen atoms in total. The molecule has 1 N–H and O–H groups in total. The first kappa shape index (κ1) is 12.3. The molecular weight excluding hydrogens is 352 g/mol. The van der Waals surface area contributed by atoms with Crippen molar-refractivity contribution in [3.8, 4) is 0 Å². The first-order valence-corrected chi connectivity index (χ1v) is 7.22.